The minimum absolute atomic E-state index is 0.0746. The van der Waals surface area contributed by atoms with Gasteiger partial charge in [0.05, 0.1) is 10.6 Å². The Hall–Kier alpha value is -3.84. The van der Waals surface area contributed by atoms with Crippen molar-refractivity contribution in [3.05, 3.63) is 88.4 Å². The fraction of sp³-hybridized carbons (Fsp3) is 0.222. The number of ether oxygens (including phenoxy) is 1. The number of benzene rings is 3. The van der Waals surface area contributed by atoms with Gasteiger partial charge in [-0.2, -0.15) is 0 Å². The van der Waals surface area contributed by atoms with Crippen LogP contribution < -0.4 is 10.6 Å². The van der Waals surface area contributed by atoms with E-state index in [4.69, 9.17) is 16.3 Å². The maximum Gasteiger partial charge on any atom is 0.408 e. The molecule has 178 valence electrons. The number of hydrogen-bond donors (Lipinski definition) is 3. The van der Waals surface area contributed by atoms with E-state index >= 15 is 0 Å². The Balaban J connectivity index is 1.26. The van der Waals surface area contributed by atoms with Gasteiger partial charge in [-0.3, -0.25) is 4.79 Å². The fourth-order valence-corrected chi connectivity index (χ4v) is 4.99. The lowest BCUT2D eigenvalue weighted by atomic mass is 9.76. The number of rotatable bonds is 6. The van der Waals surface area contributed by atoms with E-state index in [2.05, 4.69) is 22.8 Å². The van der Waals surface area contributed by atoms with E-state index in [0.717, 1.165) is 28.7 Å². The maximum absolute atomic E-state index is 13.0. The molecule has 0 unspecified atom stereocenters. The molecule has 0 saturated heterocycles. The maximum atomic E-state index is 13.0. The van der Waals surface area contributed by atoms with Gasteiger partial charge in [-0.1, -0.05) is 60.1 Å². The van der Waals surface area contributed by atoms with Crippen molar-refractivity contribution in [3.8, 4) is 11.1 Å². The smallest absolute Gasteiger partial charge is 0.408 e. The Morgan fingerprint density at radius 2 is 1.60 bits per heavy atom. The second-order valence-electron chi connectivity index (χ2n) is 8.84. The van der Waals surface area contributed by atoms with Gasteiger partial charge in [0.25, 0.3) is 0 Å². The summed E-state index contributed by atoms with van der Waals surface area (Å²) >= 11 is 5.91. The van der Waals surface area contributed by atoms with E-state index in [1.54, 1.807) is 0 Å². The summed E-state index contributed by atoms with van der Waals surface area (Å²) in [5.41, 5.74) is 3.55. The van der Waals surface area contributed by atoms with Gasteiger partial charge in [0.15, 0.2) is 0 Å². The van der Waals surface area contributed by atoms with E-state index in [9.17, 15) is 19.5 Å². The Morgan fingerprint density at radius 3 is 2.17 bits per heavy atom. The number of hydrogen-bond acceptors (Lipinski definition) is 4. The zero-order chi connectivity index (χ0) is 24.6. The van der Waals surface area contributed by atoms with Crippen LogP contribution in [0.15, 0.2) is 66.7 Å². The Kier molecular flexibility index (Phi) is 5.94. The number of carbonyl (C=O) groups excluding carboxylic acids is 2. The summed E-state index contributed by atoms with van der Waals surface area (Å²) in [7, 11) is 0. The molecule has 0 aliphatic heterocycles. The van der Waals surface area contributed by atoms with E-state index in [0.29, 0.717) is 12.8 Å². The quantitative estimate of drug-likeness (QED) is 0.427. The number of carboxylic acids is 1. The van der Waals surface area contributed by atoms with E-state index in [1.807, 2.05) is 36.4 Å². The van der Waals surface area contributed by atoms with Crippen LogP contribution in [-0.2, 0) is 9.53 Å². The molecule has 0 spiro atoms. The van der Waals surface area contributed by atoms with Crippen LogP contribution in [0.5, 0.6) is 0 Å². The highest BCUT2D eigenvalue weighted by molar-refractivity contribution is 6.33. The summed E-state index contributed by atoms with van der Waals surface area (Å²) in [6, 6.07) is 20.4. The van der Waals surface area contributed by atoms with Crippen molar-refractivity contribution in [2.24, 2.45) is 0 Å². The number of halogens is 1. The number of carboxylic acid groups (broad SMARTS) is 1. The van der Waals surface area contributed by atoms with Gasteiger partial charge in [-0.15, -0.1) is 0 Å². The van der Waals surface area contributed by atoms with Crippen molar-refractivity contribution in [1.82, 2.24) is 5.32 Å². The first-order chi connectivity index (χ1) is 16.9. The number of amides is 2. The highest BCUT2D eigenvalue weighted by Crippen LogP contribution is 2.44. The molecule has 7 nitrogen and oxygen atoms in total. The summed E-state index contributed by atoms with van der Waals surface area (Å²) in [6.45, 7) is 0.150. The molecule has 2 amide bonds. The van der Waals surface area contributed by atoms with Crippen molar-refractivity contribution in [3.63, 3.8) is 0 Å². The van der Waals surface area contributed by atoms with Crippen LogP contribution in [0.3, 0.4) is 0 Å². The van der Waals surface area contributed by atoms with Gasteiger partial charge < -0.3 is 20.5 Å². The molecule has 2 aliphatic carbocycles. The zero-order valence-corrected chi connectivity index (χ0v) is 19.5. The molecule has 3 aromatic carbocycles. The van der Waals surface area contributed by atoms with Crippen LogP contribution in [0, 0.1) is 0 Å². The summed E-state index contributed by atoms with van der Waals surface area (Å²) in [4.78, 5) is 37.1. The van der Waals surface area contributed by atoms with Crippen molar-refractivity contribution in [2.45, 2.75) is 30.7 Å². The lowest BCUT2D eigenvalue weighted by Gasteiger charge is -2.40. The standard InChI is InChI=1S/C27H23ClN2O5/c28-23-11-10-16(14-21(23)24(31)32)29-25(33)27(12-5-13-27)30-26(34)35-15-22-19-8-3-1-6-17(19)18-7-2-4-9-20(18)22/h1-4,6-11,14,22H,5,12-13,15H2,(H,29,33)(H,30,34)(H,31,32). The molecule has 0 atom stereocenters. The van der Waals surface area contributed by atoms with Crippen molar-refractivity contribution >= 4 is 35.3 Å². The number of nitrogens with one attached hydrogen (secondary N) is 2. The van der Waals surface area contributed by atoms with Crippen LogP contribution in [-0.4, -0.2) is 35.2 Å². The Morgan fingerprint density at radius 1 is 0.971 bits per heavy atom. The first kappa shape index (κ1) is 22.9. The SMILES string of the molecule is O=C(NC1(C(=O)Nc2ccc(Cl)c(C(=O)O)c2)CCC1)OCC1c2ccccc2-c2ccccc21. The second-order valence-corrected chi connectivity index (χ2v) is 9.25. The molecule has 1 fully saturated rings. The highest BCUT2D eigenvalue weighted by atomic mass is 35.5. The number of alkyl carbamates (subject to hydrolysis) is 1. The number of fused-ring (bicyclic) bond motifs is 3. The molecule has 3 aromatic rings. The van der Waals surface area contributed by atoms with Crippen LogP contribution in [0.2, 0.25) is 5.02 Å². The molecule has 0 bridgehead atoms. The molecule has 2 aliphatic rings. The molecule has 8 heteroatoms. The summed E-state index contributed by atoms with van der Waals surface area (Å²) in [5, 5.41) is 14.8. The van der Waals surface area contributed by atoms with E-state index < -0.39 is 23.5 Å². The first-order valence-electron chi connectivity index (χ1n) is 11.4. The third-order valence-corrected chi connectivity index (χ3v) is 7.11. The molecular weight excluding hydrogens is 468 g/mol. The average Bonchev–Trinajstić information content (AvgIpc) is 3.15. The predicted octanol–water partition coefficient (Wildman–Crippen LogP) is 5.44. The zero-order valence-electron chi connectivity index (χ0n) is 18.7. The number of anilines is 1. The highest BCUT2D eigenvalue weighted by Gasteiger charge is 2.46. The molecule has 0 radical (unpaired) electrons. The topological polar surface area (TPSA) is 105 Å². The number of carbonyl (C=O) groups is 3. The van der Waals surface area contributed by atoms with Crippen LogP contribution >= 0.6 is 11.6 Å². The summed E-state index contributed by atoms with van der Waals surface area (Å²) < 4.78 is 5.61. The van der Waals surface area contributed by atoms with Crippen LogP contribution in [0.4, 0.5) is 10.5 Å². The third-order valence-electron chi connectivity index (χ3n) is 6.78. The molecule has 0 aromatic heterocycles. The van der Waals surface area contributed by atoms with Crippen molar-refractivity contribution in [2.75, 3.05) is 11.9 Å². The summed E-state index contributed by atoms with van der Waals surface area (Å²) in [6.07, 6.45) is 1.03. The van der Waals surface area contributed by atoms with Gasteiger partial charge >= 0.3 is 12.1 Å². The molecule has 0 heterocycles. The van der Waals surface area contributed by atoms with Gasteiger partial charge in [0.1, 0.15) is 12.1 Å². The van der Waals surface area contributed by atoms with E-state index in [1.165, 1.54) is 18.2 Å². The van der Waals surface area contributed by atoms with E-state index in [-0.39, 0.29) is 28.8 Å². The van der Waals surface area contributed by atoms with Crippen LogP contribution in [0.1, 0.15) is 46.7 Å². The average molecular weight is 491 g/mol. The minimum atomic E-state index is -1.19. The summed E-state index contributed by atoms with van der Waals surface area (Å²) in [5.74, 6) is -1.69. The number of aromatic carboxylic acids is 1. The third kappa shape index (κ3) is 4.23. The van der Waals surface area contributed by atoms with Crippen molar-refractivity contribution in [1.29, 1.82) is 0 Å². The lowest BCUT2D eigenvalue weighted by Crippen LogP contribution is -2.61. The molecule has 3 N–H and O–H groups in total. The fourth-order valence-electron chi connectivity index (χ4n) is 4.79. The molecular formula is C27H23ClN2O5. The monoisotopic (exact) mass is 490 g/mol. The van der Waals surface area contributed by atoms with Gasteiger partial charge in [-0.05, 0) is 59.7 Å². The lowest BCUT2D eigenvalue weighted by molar-refractivity contribution is -0.125. The van der Waals surface area contributed by atoms with Crippen LogP contribution in [0.25, 0.3) is 11.1 Å². The van der Waals surface area contributed by atoms with Gasteiger partial charge in [-0.25, -0.2) is 9.59 Å². The minimum Gasteiger partial charge on any atom is -0.478 e. The van der Waals surface area contributed by atoms with Gasteiger partial charge in [0.2, 0.25) is 5.91 Å². The predicted molar refractivity (Wildman–Crippen MR) is 132 cm³/mol. The normalized spacial score (nSPS) is 15.3. The first-order valence-corrected chi connectivity index (χ1v) is 11.7. The molecule has 35 heavy (non-hydrogen) atoms. The molecule has 1 saturated carbocycles. The second kappa shape index (κ2) is 9.07. The Labute approximate surface area is 207 Å². The largest absolute Gasteiger partial charge is 0.478 e. The van der Waals surface area contributed by atoms with Crippen molar-refractivity contribution < 1.29 is 24.2 Å². The Bertz CT molecular complexity index is 1290. The molecule has 5 rings (SSSR count). The van der Waals surface area contributed by atoms with Gasteiger partial charge in [0, 0.05) is 11.6 Å².